The predicted octanol–water partition coefficient (Wildman–Crippen LogP) is 5.70. The van der Waals surface area contributed by atoms with Crippen LogP contribution in [-0.2, 0) is 4.74 Å². The van der Waals surface area contributed by atoms with E-state index in [0.717, 1.165) is 24.5 Å². The van der Waals surface area contributed by atoms with Gasteiger partial charge in [0.25, 0.3) is 0 Å². The van der Waals surface area contributed by atoms with Gasteiger partial charge in [0.05, 0.1) is 6.10 Å². The molecule has 0 bridgehead atoms. The normalized spacial score (nSPS) is 32.1. The Kier molecular flexibility index (Phi) is 9.60. The third kappa shape index (κ3) is 7.56. The van der Waals surface area contributed by atoms with E-state index in [1.807, 2.05) is 0 Å². The van der Waals surface area contributed by atoms with Crippen LogP contribution in [0.25, 0.3) is 0 Å². The van der Waals surface area contributed by atoms with E-state index >= 15 is 0 Å². The maximum Gasteiger partial charge on any atom is 0.0576 e. The molecule has 0 heterocycles. The molecule has 136 valence electrons. The average molecular weight is 324 g/mol. The summed E-state index contributed by atoms with van der Waals surface area (Å²) in [5.41, 5.74) is 0. The molecule has 0 atom stereocenters. The van der Waals surface area contributed by atoms with Gasteiger partial charge in [-0.25, -0.2) is 0 Å². The Labute approximate surface area is 145 Å². The van der Waals surface area contributed by atoms with Crippen molar-refractivity contribution in [3.05, 3.63) is 0 Å². The number of unbranched alkanes of at least 4 members (excludes halogenated alkanes) is 2. The number of hydrogen-bond donors (Lipinski definition) is 1. The van der Waals surface area contributed by atoms with Gasteiger partial charge in [-0.1, -0.05) is 52.4 Å². The molecule has 0 aromatic heterocycles. The highest BCUT2D eigenvalue weighted by molar-refractivity contribution is 4.78. The topological polar surface area (TPSA) is 21.3 Å². The fraction of sp³-hybridized carbons (Fsp3) is 1.00. The fourth-order valence-corrected chi connectivity index (χ4v) is 4.48. The van der Waals surface area contributed by atoms with Crippen LogP contribution in [0.4, 0.5) is 0 Å². The van der Waals surface area contributed by atoms with Gasteiger partial charge < -0.3 is 10.1 Å². The molecule has 23 heavy (non-hydrogen) atoms. The van der Waals surface area contributed by atoms with Crippen LogP contribution in [0.5, 0.6) is 0 Å². The van der Waals surface area contributed by atoms with Gasteiger partial charge in [0.15, 0.2) is 0 Å². The summed E-state index contributed by atoms with van der Waals surface area (Å²) in [6.07, 6.45) is 18.3. The minimum Gasteiger partial charge on any atom is -0.378 e. The highest BCUT2D eigenvalue weighted by Gasteiger charge is 2.24. The molecular formula is C21H41NO. The Bertz CT molecular complexity index is 278. The van der Waals surface area contributed by atoms with E-state index in [9.17, 15) is 0 Å². The lowest BCUT2D eigenvalue weighted by Crippen LogP contribution is -2.36. The zero-order chi connectivity index (χ0) is 16.3. The second kappa shape index (κ2) is 11.5. The van der Waals surface area contributed by atoms with Crippen molar-refractivity contribution in [1.29, 1.82) is 0 Å². The lowest BCUT2D eigenvalue weighted by Gasteiger charge is -2.32. The standard InChI is InChI=1S/C21H41NO/c1-3-5-6-16-22-20-12-14-21(15-13-20)23-17-19-10-8-18(7-4-2)9-11-19/h18-22H,3-17H2,1-2H3/t18-,19-,20-,21-. The van der Waals surface area contributed by atoms with Gasteiger partial charge in [-0.05, 0) is 63.3 Å². The second-order valence-electron chi connectivity index (χ2n) is 8.14. The first-order valence-corrected chi connectivity index (χ1v) is 10.7. The Balaban J connectivity index is 1.50. The Morgan fingerprint density at radius 3 is 2.13 bits per heavy atom. The van der Waals surface area contributed by atoms with E-state index in [-0.39, 0.29) is 0 Å². The summed E-state index contributed by atoms with van der Waals surface area (Å²) in [7, 11) is 0. The van der Waals surface area contributed by atoms with Crippen LogP contribution in [0.3, 0.4) is 0 Å². The minimum absolute atomic E-state index is 0.553. The number of ether oxygens (including phenoxy) is 1. The van der Waals surface area contributed by atoms with E-state index < -0.39 is 0 Å². The maximum atomic E-state index is 6.28. The van der Waals surface area contributed by atoms with Crippen LogP contribution in [-0.4, -0.2) is 25.3 Å². The van der Waals surface area contributed by atoms with Crippen LogP contribution >= 0.6 is 0 Å². The van der Waals surface area contributed by atoms with E-state index in [1.165, 1.54) is 90.0 Å². The van der Waals surface area contributed by atoms with Gasteiger partial charge in [-0.3, -0.25) is 0 Å². The van der Waals surface area contributed by atoms with Crippen LogP contribution in [0.2, 0.25) is 0 Å². The lowest BCUT2D eigenvalue weighted by molar-refractivity contribution is -0.00628. The van der Waals surface area contributed by atoms with E-state index in [1.54, 1.807) is 0 Å². The molecule has 0 saturated heterocycles. The van der Waals surface area contributed by atoms with Crippen LogP contribution in [0, 0.1) is 11.8 Å². The van der Waals surface area contributed by atoms with Crippen molar-refractivity contribution in [2.24, 2.45) is 11.8 Å². The van der Waals surface area contributed by atoms with E-state index in [4.69, 9.17) is 4.74 Å². The zero-order valence-corrected chi connectivity index (χ0v) is 15.8. The molecule has 1 N–H and O–H groups in total. The summed E-state index contributed by atoms with van der Waals surface area (Å²) in [5.74, 6) is 1.87. The number of rotatable bonds is 10. The lowest BCUT2D eigenvalue weighted by atomic mass is 9.80. The molecule has 0 aromatic rings. The first-order chi connectivity index (χ1) is 11.3. The van der Waals surface area contributed by atoms with Crippen LogP contribution < -0.4 is 5.32 Å². The fourth-order valence-electron chi connectivity index (χ4n) is 4.48. The molecule has 0 aromatic carbocycles. The Morgan fingerprint density at radius 2 is 1.48 bits per heavy atom. The van der Waals surface area contributed by atoms with Crippen molar-refractivity contribution in [1.82, 2.24) is 5.32 Å². The smallest absolute Gasteiger partial charge is 0.0576 e. The highest BCUT2D eigenvalue weighted by Crippen LogP contribution is 2.32. The summed E-state index contributed by atoms with van der Waals surface area (Å²) in [6.45, 7) is 6.85. The third-order valence-corrected chi connectivity index (χ3v) is 6.12. The third-order valence-electron chi connectivity index (χ3n) is 6.12. The van der Waals surface area contributed by atoms with E-state index in [0.29, 0.717) is 6.10 Å². The van der Waals surface area contributed by atoms with Gasteiger partial charge >= 0.3 is 0 Å². The molecule has 2 fully saturated rings. The van der Waals surface area contributed by atoms with Crippen molar-refractivity contribution < 1.29 is 4.74 Å². The zero-order valence-electron chi connectivity index (χ0n) is 15.8. The van der Waals surface area contributed by atoms with Gasteiger partial charge in [0, 0.05) is 12.6 Å². The molecular weight excluding hydrogens is 282 g/mol. The Hall–Kier alpha value is -0.0800. The van der Waals surface area contributed by atoms with Crippen molar-refractivity contribution in [3.63, 3.8) is 0 Å². The van der Waals surface area contributed by atoms with Gasteiger partial charge in [-0.2, -0.15) is 0 Å². The largest absolute Gasteiger partial charge is 0.378 e. The molecule has 0 spiro atoms. The van der Waals surface area contributed by atoms with Crippen LogP contribution in [0.15, 0.2) is 0 Å². The average Bonchev–Trinajstić information content (AvgIpc) is 2.59. The molecule has 2 heteroatoms. The molecule has 0 radical (unpaired) electrons. The molecule has 0 aliphatic heterocycles. The first kappa shape index (κ1) is 19.2. The molecule has 2 nitrogen and oxygen atoms in total. The molecule has 2 saturated carbocycles. The first-order valence-electron chi connectivity index (χ1n) is 10.7. The van der Waals surface area contributed by atoms with Crippen LogP contribution in [0.1, 0.15) is 97.3 Å². The van der Waals surface area contributed by atoms with Gasteiger partial charge in [0.1, 0.15) is 0 Å². The number of hydrogen-bond acceptors (Lipinski definition) is 2. The van der Waals surface area contributed by atoms with Gasteiger partial charge in [-0.15, -0.1) is 0 Å². The van der Waals surface area contributed by atoms with Crippen molar-refractivity contribution in [3.8, 4) is 0 Å². The summed E-state index contributed by atoms with van der Waals surface area (Å²) >= 11 is 0. The van der Waals surface area contributed by atoms with Crippen molar-refractivity contribution >= 4 is 0 Å². The quantitative estimate of drug-likeness (QED) is 0.521. The minimum atomic E-state index is 0.553. The predicted molar refractivity (Wildman–Crippen MR) is 99.9 cm³/mol. The molecule has 2 rings (SSSR count). The highest BCUT2D eigenvalue weighted by atomic mass is 16.5. The van der Waals surface area contributed by atoms with Crippen molar-refractivity contribution in [2.45, 2.75) is 109 Å². The second-order valence-corrected chi connectivity index (χ2v) is 8.14. The summed E-state index contributed by atoms with van der Waals surface area (Å²) < 4.78 is 6.28. The number of nitrogens with one attached hydrogen (secondary N) is 1. The van der Waals surface area contributed by atoms with E-state index in [2.05, 4.69) is 19.2 Å². The summed E-state index contributed by atoms with van der Waals surface area (Å²) in [5, 5.41) is 3.74. The molecule has 2 aliphatic carbocycles. The van der Waals surface area contributed by atoms with Crippen molar-refractivity contribution in [2.75, 3.05) is 13.2 Å². The molecule has 0 unspecified atom stereocenters. The summed E-state index contributed by atoms with van der Waals surface area (Å²) in [6, 6.07) is 0.760. The Morgan fingerprint density at radius 1 is 0.783 bits per heavy atom. The monoisotopic (exact) mass is 323 g/mol. The SMILES string of the molecule is CCCCCN[C@H]1CC[C@H](OC[C@H]2CC[C@H](CCC)CC2)CC1. The molecule has 2 aliphatic rings. The summed E-state index contributed by atoms with van der Waals surface area (Å²) in [4.78, 5) is 0. The van der Waals surface area contributed by atoms with Gasteiger partial charge in [0.2, 0.25) is 0 Å². The molecule has 0 amide bonds. The maximum absolute atomic E-state index is 6.28.